The van der Waals surface area contributed by atoms with E-state index < -0.39 is 23.5 Å². The SMILES string of the molecule is CC(N)(C(=O)N[C@H](Cc1cnc[nH]1)C(=O)O)C1CC1. The number of hydrogen-bond donors (Lipinski definition) is 4. The lowest BCUT2D eigenvalue weighted by Crippen LogP contribution is -2.57. The van der Waals surface area contributed by atoms with Crippen LogP contribution in [0.2, 0.25) is 0 Å². The summed E-state index contributed by atoms with van der Waals surface area (Å²) in [6.45, 7) is 1.65. The highest BCUT2D eigenvalue weighted by atomic mass is 16.4. The minimum atomic E-state index is -1.09. The number of nitrogens with one attached hydrogen (secondary N) is 2. The van der Waals surface area contributed by atoms with Gasteiger partial charge in [0.1, 0.15) is 6.04 Å². The molecule has 0 aromatic carbocycles. The van der Waals surface area contributed by atoms with E-state index in [1.54, 1.807) is 6.92 Å². The van der Waals surface area contributed by atoms with Gasteiger partial charge in [-0.2, -0.15) is 0 Å². The maximum Gasteiger partial charge on any atom is 0.326 e. The van der Waals surface area contributed by atoms with Gasteiger partial charge in [0.2, 0.25) is 5.91 Å². The van der Waals surface area contributed by atoms with Crippen LogP contribution in [0.1, 0.15) is 25.5 Å². The molecule has 1 aromatic heterocycles. The molecule has 1 aliphatic carbocycles. The average Bonchev–Trinajstić information content (AvgIpc) is 3.08. The second-order valence-corrected chi connectivity index (χ2v) is 5.20. The van der Waals surface area contributed by atoms with Crippen molar-refractivity contribution in [3.8, 4) is 0 Å². The van der Waals surface area contributed by atoms with Crippen molar-refractivity contribution in [2.24, 2.45) is 11.7 Å². The van der Waals surface area contributed by atoms with E-state index in [9.17, 15) is 9.59 Å². The van der Waals surface area contributed by atoms with Gasteiger partial charge in [0, 0.05) is 18.3 Å². The van der Waals surface area contributed by atoms with Gasteiger partial charge in [-0.05, 0) is 25.7 Å². The van der Waals surface area contributed by atoms with E-state index in [1.807, 2.05) is 0 Å². The van der Waals surface area contributed by atoms with Crippen LogP contribution < -0.4 is 11.1 Å². The van der Waals surface area contributed by atoms with Crippen LogP contribution in [0.25, 0.3) is 0 Å². The maximum absolute atomic E-state index is 12.1. The van der Waals surface area contributed by atoms with Crippen LogP contribution >= 0.6 is 0 Å². The highest BCUT2D eigenvalue weighted by Gasteiger charge is 2.45. The van der Waals surface area contributed by atoms with Crippen LogP contribution in [0.15, 0.2) is 12.5 Å². The second kappa shape index (κ2) is 5.00. The zero-order valence-corrected chi connectivity index (χ0v) is 10.7. The molecule has 0 saturated heterocycles. The van der Waals surface area contributed by atoms with Gasteiger partial charge < -0.3 is 21.1 Å². The Morgan fingerprint density at radius 2 is 2.37 bits per heavy atom. The van der Waals surface area contributed by atoms with Gasteiger partial charge >= 0.3 is 5.97 Å². The number of aliphatic carboxylic acids is 1. The van der Waals surface area contributed by atoms with E-state index in [4.69, 9.17) is 10.8 Å². The van der Waals surface area contributed by atoms with E-state index in [1.165, 1.54) is 12.5 Å². The van der Waals surface area contributed by atoms with Crippen molar-refractivity contribution < 1.29 is 14.7 Å². The molecule has 5 N–H and O–H groups in total. The summed E-state index contributed by atoms with van der Waals surface area (Å²) < 4.78 is 0. The Bertz CT molecular complexity index is 465. The summed E-state index contributed by atoms with van der Waals surface area (Å²) in [5.74, 6) is -1.36. The Kier molecular flexibility index (Phi) is 3.57. The highest BCUT2D eigenvalue weighted by molar-refractivity contribution is 5.90. The number of nitrogens with two attached hydrogens (primary N) is 1. The molecule has 1 unspecified atom stereocenters. The zero-order valence-electron chi connectivity index (χ0n) is 10.7. The second-order valence-electron chi connectivity index (χ2n) is 5.20. The quantitative estimate of drug-likeness (QED) is 0.560. The fraction of sp³-hybridized carbons (Fsp3) is 0.583. The lowest BCUT2D eigenvalue weighted by atomic mass is 9.95. The van der Waals surface area contributed by atoms with Crippen LogP contribution in [0.4, 0.5) is 0 Å². The van der Waals surface area contributed by atoms with Gasteiger partial charge in [0.05, 0.1) is 11.9 Å². The summed E-state index contributed by atoms with van der Waals surface area (Å²) >= 11 is 0. The molecule has 19 heavy (non-hydrogen) atoms. The molecule has 1 aromatic rings. The molecule has 1 saturated carbocycles. The Morgan fingerprint density at radius 3 is 2.84 bits per heavy atom. The van der Waals surface area contributed by atoms with Gasteiger partial charge in [-0.1, -0.05) is 0 Å². The van der Waals surface area contributed by atoms with Crippen LogP contribution in [-0.4, -0.2) is 38.5 Å². The Hall–Kier alpha value is -1.89. The first-order chi connectivity index (χ1) is 8.91. The van der Waals surface area contributed by atoms with E-state index in [2.05, 4.69) is 15.3 Å². The predicted molar refractivity (Wildman–Crippen MR) is 67.2 cm³/mol. The van der Waals surface area contributed by atoms with Crippen molar-refractivity contribution >= 4 is 11.9 Å². The number of imidazole rings is 1. The molecule has 0 spiro atoms. The minimum Gasteiger partial charge on any atom is -0.480 e. The molecule has 0 radical (unpaired) electrons. The first kappa shape index (κ1) is 13.5. The van der Waals surface area contributed by atoms with Gasteiger partial charge in [0.15, 0.2) is 0 Å². The van der Waals surface area contributed by atoms with E-state index >= 15 is 0 Å². The third kappa shape index (κ3) is 3.11. The summed E-state index contributed by atoms with van der Waals surface area (Å²) in [5.41, 5.74) is 5.61. The molecule has 0 aliphatic heterocycles. The van der Waals surface area contributed by atoms with Crippen LogP contribution in [0.3, 0.4) is 0 Å². The smallest absolute Gasteiger partial charge is 0.326 e. The molecule has 1 amide bonds. The predicted octanol–water partition coefficient (Wildman–Crippen LogP) is -0.351. The fourth-order valence-electron chi connectivity index (χ4n) is 2.00. The van der Waals surface area contributed by atoms with E-state index in [0.717, 1.165) is 12.8 Å². The number of carbonyl (C=O) groups is 2. The van der Waals surface area contributed by atoms with Crippen molar-refractivity contribution in [2.45, 2.75) is 37.8 Å². The first-order valence-corrected chi connectivity index (χ1v) is 6.21. The van der Waals surface area contributed by atoms with Gasteiger partial charge in [-0.15, -0.1) is 0 Å². The summed E-state index contributed by atoms with van der Waals surface area (Å²) in [4.78, 5) is 29.9. The third-order valence-corrected chi connectivity index (χ3v) is 3.50. The summed E-state index contributed by atoms with van der Waals surface area (Å²) in [7, 11) is 0. The number of amides is 1. The molecular weight excluding hydrogens is 248 g/mol. The normalized spacial score (nSPS) is 19.5. The van der Waals surface area contributed by atoms with Gasteiger partial charge in [0.25, 0.3) is 0 Å². The molecule has 1 aliphatic rings. The van der Waals surface area contributed by atoms with Gasteiger partial charge in [-0.25, -0.2) is 9.78 Å². The fourth-order valence-corrected chi connectivity index (χ4v) is 2.00. The molecule has 7 heteroatoms. The van der Waals surface area contributed by atoms with Crippen molar-refractivity contribution in [3.63, 3.8) is 0 Å². The maximum atomic E-state index is 12.1. The standard InChI is InChI=1S/C12H18N4O3/c1-12(13,7-2-3-7)11(19)16-9(10(17)18)4-8-5-14-6-15-8/h5-7,9H,2-4,13H2,1H3,(H,14,15)(H,16,19)(H,17,18)/t9-,12?/m1/s1. The molecular formula is C12H18N4O3. The molecule has 1 fully saturated rings. The highest BCUT2D eigenvalue weighted by Crippen LogP contribution is 2.38. The molecule has 104 valence electrons. The zero-order chi connectivity index (χ0) is 14.0. The number of aromatic amines is 1. The van der Waals surface area contributed by atoms with Crippen molar-refractivity contribution in [2.75, 3.05) is 0 Å². The number of carbonyl (C=O) groups excluding carboxylic acids is 1. The summed E-state index contributed by atoms with van der Waals surface area (Å²) in [5, 5.41) is 11.7. The number of aromatic nitrogens is 2. The third-order valence-electron chi connectivity index (χ3n) is 3.50. The number of rotatable bonds is 6. The number of carboxylic acid groups (broad SMARTS) is 1. The number of carboxylic acids is 1. The monoisotopic (exact) mass is 266 g/mol. The number of nitrogens with zero attached hydrogens (tertiary/aromatic N) is 1. The lowest BCUT2D eigenvalue weighted by Gasteiger charge is -2.25. The van der Waals surface area contributed by atoms with E-state index in [-0.39, 0.29) is 12.3 Å². The molecule has 7 nitrogen and oxygen atoms in total. The largest absolute Gasteiger partial charge is 0.480 e. The molecule has 2 atom stereocenters. The average molecular weight is 266 g/mol. The first-order valence-electron chi connectivity index (χ1n) is 6.21. The van der Waals surface area contributed by atoms with Gasteiger partial charge in [-0.3, -0.25) is 4.79 Å². The Labute approximate surface area is 110 Å². The van der Waals surface area contributed by atoms with Crippen molar-refractivity contribution in [3.05, 3.63) is 18.2 Å². The summed E-state index contributed by atoms with van der Waals surface area (Å²) in [6.07, 6.45) is 4.98. The molecule has 1 heterocycles. The van der Waals surface area contributed by atoms with Crippen molar-refractivity contribution in [1.82, 2.24) is 15.3 Å². The molecule has 2 rings (SSSR count). The topological polar surface area (TPSA) is 121 Å². The van der Waals surface area contributed by atoms with Crippen molar-refractivity contribution in [1.29, 1.82) is 0 Å². The van der Waals surface area contributed by atoms with Crippen LogP contribution in [0, 0.1) is 5.92 Å². The van der Waals surface area contributed by atoms with Crippen LogP contribution in [-0.2, 0) is 16.0 Å². The number of hydrogen-bond acceptors (Lipinski definition) is 4. The number of H-pyrrole nitrogens is 1. The lowest BCUT2D eigenvalue weighted by molar-refractivity contribution is -0.142. The Morgan fingerprint density at radius 1 is 1.68 bits per heavy atom. The summed E-state index contributed by atoms with van der Waals surface area (Å²) in [6, 6.07) is -1.01. The van der Waals surface area contributed by atoms with E-state index in [0.29, 0.717) is 5.69 Å². The van der Waals surface area contributed by atoms with Crippen LogP contribution in [0.5, 0.6) is 0 Å². The molecule has 0 bridgehead atoms. The minimum absolute atomic E-state index is 0.147. The Balaban J connectivity index is 2.00.